The summed E-state index contributed by atoms with van der Waals surface area (Å²) in [4.78, 5) is 23.1. The predicted octanol–water partition coefficient (Wildman–Crippen LogP) is 2.41. The lowest BCUT2D eigenvalue weighted by molar-refractivity contribution is 0.0527. The maximum Gasteiger partial charge on any atom is 0.340 e. The van der Waals surface area contributed by atoms with E-state index >= 15 is 0 Å². The fourth-order valence-corrected chi connectivity index (χ4v) is 1.72. The minimum atomic E-state index is -0.468. The second-order valence-electron chi connectivity index (χ2n) is 3.38. The van der Waals surface area contributed by atoms with Crippen LogP contribution in [0.15, 0.2) is 18.2 Å². The minimum absolute atomic E-state index is 0.0102. The van der Waals surface area contributed by atoms with Crippen LogP contribution >= 0.6 is 15.9 Å². The molecule has 92 valence electrons. The molecule has 0 aliphatic heterocycles. The summed E-state index contributed by atoms with van der Waals surface area (Å²) in [7, 11) is 0. The lowest BCUT2D eigenvalue weighted by Gasteiger charge is -2.06. The van der Waals surface area contributed by atoms with Gasteiger partial charge in [0.15, 0.2) is 5.78 Å². The zero-order valence-corrected chi connectivity index (χ0v) is 11.1. The summed E-state index contributed by atoms with van der Waals surface area (Å²) >= 11 is 3.20. The highest BCUT2D eigenvalue weighted by atomic mass is 79.9. The number of carbonyl (C=O) groups is 2. The molecule has 0 bridgehead atoms. The molecule has 0 fully saturated rings. The maximum atomic E-state index is 11.6. The Morgan fingerprint density at radius 3 is 2.65 bits per heavy atom. The molecule has 2 N–H and O–H groups in total. The van der Waals surface area contributed by atoms with Crippen molar-refractivity contribution in [3.63, 3.8) is 0 Å². The number of ketones is 1. The van der Waals surface area contributed by atoms with Crippen LogP contribution in [0.25, 0.3) is 0 Å². The van der Waals surface area contributed by atoms with Crippen LogP contribution < -0.4 is 5.73 Å². The molecular weight excluding hydrogens is 286 g/mol. The topological polar surface area (TPSA) is 69.4 Å². The van der Waals surface area contributed by atoms with E-state index in [0.717, 1.165) is 0 Å². The Kier molecular flexibility index (Phi) is 5.15. The van der Waals surface area contributed by atoms with Gasteiger partial charge in [0.25, 0.3) is 0 Å². The number of Topliss-reactive ketones (excluding diaryl/α,β-unsaturated/α-hetero) is 1. The highest BCUT2D eigenvalue weighted by Gasteiger charge is 2.13. The van der Waals surface area contributed by atoms with Gasteiger partial charge in [0, 0.05) is 23.0 Å². The molecule has 17 heavy (non-hydrogen) atoms. The largest absolute Gasteiger partial charge is 0.462 e. The molecule has 0 radical (unpaired) electrons. The van der Waals surface area contributed by atoms with Gasteiger partial charge in [-0.3, -0.25) is 4.79 Å². The highest BCUT2D eigenvalue weighted by Crippen LogP contribution is 2.17. The summed E-state index contributed by atoms with van der Waals surface area (Å²) < 4.78 is 4.85. The van der Waals surface area contributed by atoms with Gasteiger partial charge in [0.2, 0.25) is 0 Å². The average Bonchev–Trinajstić information content (AvgIpc) is 2.29. The van der Waals surface area contributed by atoms with Crippen molar-refractivity contribution in [2.24, 2.45) is 0 Å². The predicted molar refractivity (Wildman–Crippen MR) is 69.6 cm³/mol. The summed E-state index contributed by atoms with van der Waals surface area (Å²) in [5.74, 6) is -0.478. The van der Waals surface area contributed by atoms with Gasteiger partial charge in [-0.25, -0.2) is 4.79 Å². The van der Waals surface area contributed by atoms with E-state index in [-0.39, 0.29) is 11.5 Å². The molecule has 0 aliphatic carbocycles. The monoisotopic (exact) mass is 299 g/mol. The summed E-state index contributed by atoms with van der Waals surface area (Å²) in [6.07, 6.45) is 0.401. The van der Waals surface area contributed by atoms with E-state index in [1.165, 1.54) is 12.1 Å². The van der Waals surface area contributed by atoms with Crippen LogP contribution in [-0.4, -0.2) is 23.7 Å². The average molecular weight is 300 g/mol. The van der Waals surface area contributed by atoms with Crippen LogP contribution in [0.3, 0.4) is 0 Å². The van der Waals surface area contributed by atoms with Gasteiger partial charge in [-0.2, -0.15) is 0 Å². The number of hydrogen-bond acceptors (Lipinski definition) is 4. The molecular formula is C12H14BrNO3. The second kappa shape index (κ2) is 6.39. The van der Waals surface area contributed by atoms with E-state index < -0.39 is 5.97 Å². The lowest BCUT2D eigenvalue weighted by atomic mass is 10.0. The Balaban J connectivity index is 2.93. The number of benzene rings is 1. The van der Waals surface area contributed by atoms with E-state index in [0.29, 0.717) is 29.5 Å². The van der Waals surface area contributed by atoms with Crippen LogP contribution in [0.1, 0.15) is 34.1 Å². The van der Waals surface area contributed by atoms with Crippen molar-refractivity contribution in [1.29, 1.82) is 0 Å². The molecule has 4 nitrogen and oxygen atoms in total. The summed E-state index contributed by atoms with van der Waals surface area (Å²) in [5.41, 5.74) is 6.79. The Morgan fingerprint density at radius 2 is 2.12 bits per heavy atom. The summed E-state index contributed by atoms with van der Waals surface area (Å²) in [6, 6.07) is 4.62. The summed E-state index contributed by atoms with van der Waals surface area (Å²) in [5, 5.41) is 0.603. The molecule has 0 spiro atoms. The third-order valence-corrected chi connectivity index (χ3v) is 2.59. The van der Waals surface area contributed by atoms with Crippen molar-refractivity contribution < 1.29 is 14.3 Å². The Morgan fingerprint density at radius 1 is 1.41 bits per heavy atom. The molecule has 1 aromatic carbocycles. The fourth-order valence-electron chi connectivity index (χ4n) is 1.36. The first-order valence-electron chi connectivity index (χ1n) is 5.26. The molecule has 5 heteroatoms. The molecule has 0 unspecified atom stereocenters. The number of anilines is 1. The summed E-state index contributed by atoms with van der Waals surface area (Å²) in [6.45, 7) is 2.02. The van der Waals surface area contributed by atoms with E-state index in [4.69, 9.17) is 10.5 Å². The van der Waals surface area contributed by atoms with Crippen molar-refractivity contribution in [3.05, 3.63) is 29.3 Å². The van der Waals surface area contributed by atoms with Crippen molar-refractivity contribution in [2.75, 3.05) is 17.7 Å². The standard InChI is InChI=1S/C12H14BrNO3/c1-2-17-12(16)9-4-3-8(7-10(9)14)11(15)5-6-13/h3-4,7H,2,5-6,14H2,1H3. The van der Waals surface area contributed by atoms with E-state index in [9.17, 15) is 9.59 Å². The number of rotatable bonds is 5. The zero-order chi connectivity index (χ0) is 12.8. The molecule has 0 amide bonds. The third kappa shape index (κ3) is 3.56. The molecule has 1 rings (SSSR count). The first-order valence-corrected chi connectivity index (χ1v) is 6.38. The van der Waals surface area contributed by atoms with Gasteiger partial charge in [-0.05, 0) is 19.1 Å². The zero-order valence-electron chi connectivity index (χ0n) is 9.53. The smallest absolute Gasteiger partial charge is 0.340 e. The van der Waals surface area contributed by atoms with Crippen LogP contribution in [0.4, 0.5) is 5.69 Å². The molecule has 0 aromatic heterocycles. The lowest BCUT2D eigenvalue weighted by Crippen LogP contribution is -2.09. The van der Waals surface area contributed by atoms with Gasteiger partial charge in [0.1, 0.15) is 0 Å². The number of esters is 1. The number of carbonyl (C=O) groups excluding carboxylic acids is 2. The molecule has 0 saturated heterocycles. The van der Waals surface area contributed by atoms with Crippen molar-refractivity contribution in [3.8, 4) is 0 Å². The second-order valence-corrected chi connectivity index (χ2v) is 4.18. The molecule has 0 atom stereocenters. The third-order valence-electron chi connectivity index (χ3n) is 2.19. The van der Waals surface area contributed by atoms with Crippen LogP contribution in [0.2, 0.25) is 0 Å². The van der Waals surface area contributed by atoms with Gasteiger partial charge < -0.3 is 10.5 Å². The first kappa shape index (κ1) is 13.7. The SMILES string of the molecule is CCOC(=O)c1ccc(C(=O)CCBr)cc1N. The van der Waals surface area contributed by atoms with Crippen molar-refractivity contribution in [2.45, 2.75) is 13.3 Å². The number of ether oxygens (including phenoxy) is 1. The van der Waals surface area contributed by atoms with Crippen LogP contribution in [0, 0.1) is 0 Å². The van der Waals surface area contributed by atoms with E-state index in [1.54, 1.807) is 13.0 Å². The van der Waals surface area contributed by atoms with Gasteiger partial charge in [0.05, 0.1) is 12.2 Å². The van der Waals surface area contributed by atoms with Crippen LogP contribution in [0.5, 0.6) is 0 Å². The highest BCUT2D eigenvalue weighted by molar-refractivity contribution is 9.09. The molecule has 0 aliphatic rings. The first-order chi connectivity index (χ1) is 8.10. The number of nitrogen functional groups attached to an aromatic ring is 1. The maximum absolute atomic E-state index is 11.6. The van der Waals surface area contributed by atoms with E-state index in [2.05, 4.69) is 15.9 Å². The van der Waals surface area contributed by atoms with Gasteiger partial charge in [-0.1, -0.05) is 22.0 Å². The Hall–Kier alpha value is -1.36. The van der Waals surface area contributed by atoms with Crippen molar-refractivity contribution >= 4 is 33.4 Å². The molecule has 0 saturated carbocycles. The van der Waals surface area contributed by atoms with Crippen molar-refractivity contribution in [1.82, 2.24) is 0 Å². The minimum Gasteiger partial charge on any atom is -0.462 e. The van der Waals surface area contributed by atoms with Crippen LogP contribution in [-0.2, 0) is 4.74 Å². The van der Waals surface area contributed by atoms with Gasteiger partial charge in [-0.15, -0.1) is 0 Å². The number of hydrogen-bond donors (Lipinski definition) is 1. The Labute approximate surface area is 108 Å². The number of halogens is 1. The number of nitrogens with two attached hydrogens (primary N) is 1. The quantitative estimate of drug-likeness (QED) is 0.392. The fraction of sp³-hybridized carbons (Fsp3) is 0.333. The van der Waals surface area contributed by atoms with E-state index in [1.807, 2.05) is 0 Å². The molecule has 0 heterocycles. The number of alkyl halides is 1. The van der Waals surface area contributed by atoms with Gasteiger partial charge >= 0.3 is 5.97 Å². The molecule has 1 aromatic rings. The Bertz CT molecular complexity index is 432. The normalized spacial score (nSPS) is 10.0.